The first kappa shape index (κ1) is 15.0. The topological polar surface area (TPSA) is 41.1 Å². The van der Waals surface area contributed by atoms with Gasteiger partial charge in [0.2, 0.25) is 5.88 Å². The van der Waals surface area contributed by atoms with Crippen molar-refractivity contribution < 1.29 is 4.74 Å². The molecule has 2 aromatic heterocycles. The highest BCUT2D eigenvalue weighted by atomic mass is 16.5. The van der Waals surface area contributed by atoms with Gasteiger partial charge in [0.1, 0.15) is 6.10 Å². The van der Waals surface area contributed by atoms with Gasteiger partial charge in [-0.15, -0.1) is 0 Å². The number of pyridine rings is 1. The monoisotopic (exact) mass is 333 g/mol. The summed E-state index contributed by atoms with van der Waals surface area (Å²) in [7, 11) is 0. The van der Waals surface area contributed by atoms with Gasteiger partial charge in [-0.2, -0.15) is 0 Å². The van der Waals surface area contributed by atoms with E-state index in [-0.39, 0.29) is 6.10 Å². The van der Waals surface area contributed by atoms with Crippen molar-refractivity contribution in [3.63, 3.8) is 0 Å². The van der Waals surface area contributed by atoms with Crippen molar-refractivity contribution in [3.05, 3.63) is 48.8 Å². The van der Waals surface area contributed by atoms with E-state index in [0.717, 1.165) is 17.0 Å². The number of nitrogens with one attached hydrogen (secondary N) is 1. The van der Waals surface area contributed by atoms with E-state index in [1.165, 1.54) is 36.9 Å². The molecule has 0 amide bonds. The Kier molecular flexibility index (Phi) is 3.52. The second-order valence-electron chi connectivity index (χ2n) is 7.33. The summed E-state index contributed by atoms with van der Waals surface area (Å²) in [5.74, 6) is 1.42. The van der Waals surface area contributed by atoms with Crippen LogP contribution in [0.5, 0.6) is 5.88 Å². The van der Waals surface area contributed by atoms with Crippen LogP contribution in [0.15, 0.2) is 48.8 Å². The third-order valence-electron chi connectivity index (χ3n) is 5.98. The Morgan fingerprint density at radius 1 is 1.12 bits per heavy atom. The molecule has 0 saturated carbocycles. The second-order valence-corrected chi connectivity index (χ2v) is 7.33. The van der Waals surface area contributed by atoms with E-state index in [2.05, 4.69) is 52.3 Å². The Morgan fingerprint density at radius 2 is 1.96 bits per heavy atom. The van der Waals surface area contributed by atoms with E-state index in [1.807, 2.05) is 18.3 Å². The lowest BCUT2D eigenvalue weighted by Crippen LogP contribution is -2.58. The van der Waals surface area contributed by atoms with Crippen LogP contribution in [0.2, 0.25) is 0 Å². The summed E-state index contributed by atoms with van der Waals surface area (Å²) in [5, 5.41) is 1.23. The molecule has 6 rings (SSSR count). The summed E-state index contributed by atoms with van der Waals surface area (Å²) in [6, 6.07) is 13.0. The van der Waals surface area contributed by atoms with Gasteiger partial charge in [0, 0.05) is 46.5 Å². The number of benzene rings is 1. The number of nitrogens with zero attached hydrogens (tertiary/aromatic N) is 2. The van der Waals surface area contributed by atoms with Crippen LogP contribution in [0.1, 0.15) is 19.8 Å². The maximum absolute atomic E-state index is 6.30. The van der Waals surface area contributed by atoms with Gasteiger partial charge in [-0.25, -0.2) is 4.98 Å². The number of aromatic amines is 1. The summed E-state index contributed by atoms with van der Waals surface area (Å²) < 4.78 is 6.30. The van der Waals surface area contributed by atoms with Crippen molar-refractivity contribution in [2.24, 2.45) is 5.92 Å². The smallest absolute Gasteiger partial charge is 0.213 e. The predicted octanol–water partition coefficient (Wildman–Crippen LogP) is 4.09. The molecule has 3 aromatic rings. The molecule has 1 N–H and O–H groups in total. The molecule has 0 aliphatic carbocycles. The van der Waals surface area contributed by atoms with Gasteiger partial charge < -0.3 is 9.72 Å². The number of rotatable bonds is 3. The SMILES string of the molecule is C[C@H]1[C@H](Oc2ccc(-c3c[nH]c4ccccc34)cn2)C2CCN1CC2. The molecule has 5 heterocycles. The van der Waals surface area contributed by atoms with Crippen LogP contribution in [0.3, 0.4) is 0 Å². The van der Waals surface area contributed by atoms with Gasteiger partial charge in [-0.1, -0.05) is 18.2 Å². The Labute approximate surface area is 147 Å². The highest BCUT2D eigenvalue weighted by molar-refractivity contribution is 5.95. The molecule has 25 heavy (non-hydrogen) atoms. The fraction of sp³-hybridized carbons (Fsp3) is 0.381. The van der Waals surface area contributed by atoms with Crippen LogP contribution >= 0.6 is 0 Å². The summed E-state index contributed by atoms with van der Waals surface area (Å²) in [4.78, 5) is 10.5. The lowest BCUT2D eigenvalue weighted by molar-refractivity contribution is -0.0525. The number of ether oxygens (including phenoxy) is 1. The molecule has 4 nitrogen and oxygen atoms in total. The maximum atomic E-state index is 6.30. The number of para-hydroxylation sites is 1. The van der Waals surface area contributed by atoms with Crippen LogP contribution in [-0.4, -0.2) is 40.1 Å². The molecule has 3 aliphatic heterocycles. The molecule has 1 aromatic carbocycles. The van der Waals surface area contributed by atoms with E-state index in [4.69, 9.17) is 4.74 Å². The minimum Gasteiger partial charge on any atom is -0.472 e. The molecule has 2 atom stereocenters. The average molecular weight is 333 g/mol. The summed E-state index contributed by atoms with van der Waals surface area (Å²) in [5.41, 5.74) is 3.46. The van der Waals surface area contributed by atoms with E-state index >= 15 is 0 Å². The second kappa shape index (κ2) is 5.88. The van der Waals surface area contributed by atoms with Crippen molar-refractivity contribution in [2.45, 2.75) is 31.9 Å². The standard InChI is InChI=1S/C21H23N3O/c1-14-21(15-8-10-24(14)11-9-15)25-20-7-6-16(12-23-20)18-13-22-19-5-3-2-4-17(18)19/h2-7,12-15,21-22H,8-11H2,1H3/t14-,21-/m0/s1. The van der Waals surface area contributed by atoms with E-state index in [9.17, 15) is 0 Å². The quantitative estimate of drug-likeness (QED) is 0.785. The Morgan fingerprint density at radius 3 is 2.72 bits per heavy atom. The van der Waals surface area contributed by atoms with Crippen LogP contribution in [0.4, 0.5) is 0 Å². The Hall–Kier alpha value is -2.33. The van der Waals surface area contributed by atoms with Gasteiger partial charge >= 0.3 is 0 Å². The molecule has 0 radical (unpaired) electrons. The molecule has 0 unspecified atom stereocenters. The molecule has 3 fully saturated rings. The lowest BCUT2D eigenvalue weighted by atomic mass is 9.81. The zero-order valence-electron chi connectivity index (χ0n) is 14.5. The highest BCUT2D eigenvalue weighted by Crippen LogP contribution is 2.35. The molecule has 3 aliphatic rings. The number of hydrogen-bond acceptors (Lipinski definition) is 3. The number of piperidine rings is 3. The van der Waals surface area contributed by atoms with Gasteiger partial charge in [-0.3, -0.25) is 4.90 Å². The van der Waals surface area contributed by atoms with Gasteiger partial charge in [0.05, 0.1) is 0 Å². The minimum absolute atomic E-state index is 0.272. The molecule has 3 saturated heterocycles. The lowest BCUT2D eigenvalue weighted by Gasteiger charge is -2.49. The maximum Gasteiger partial charge on any atom is 0.213 e. The number of H-pyrrole nitrogens is 1. The molecule has 0 spiro atoms. The summed E-state index contributed by atoms with van der Waals surface area (Å²) in [6.45, 7) is 4.73. The zero-order chi connectivity index (χ0) is 16.8. The number of aromatic nitrogens is 2. The summed E-state index contributed by atoms with van der Waals surface area (Å²) >= 11 is 0. The number of hydrogen-bond donors (Lipinski definition) is 1. The summed E-state index contributed by atoms with van der Waals surface area (Å²) in [6.07, 6.45) is 6.76. The fourth-order valence-electron chi connectivity index (χ4n) is 4.51. The predicted molar refractivity (Wildman–Crippen MR) is 99.7 cm³/mol. The molecule has 128 valence electrons. The van der Waals surface area contributed by atoms with E-state index in [0.29, 0.717) is 12.0 Å². The molecular weight excluding hydrogens is 310 g/mol. The van der Waals surface area contributed by atoms with Crippen LogP contribution in [0.25, 0.3) is 22.0 Å². The first-order valence-corrected chi connectivity index (χ1v) is 9.23. The fourth-order valence-corrected chi connectivity index (χ4v) is 4.51. The van der Waals surface area contributed by atoms with Crippen LogP contribution in [0, 0.1) is 5.92 Å². The molecule has 4 heteroatoms. The third-order valence-corrected chi connectivity index (χ3v) is 5.98. The number of fused-ring (bicyclic) bond motifs is 4. The first-order chi connectivity index (χ1) is 12.3. The highest BCUT2D eigenvalue weighted by Gasteiger charge is 2.41. The zero-order valence-corrected chi connectivity index (χ0v) is 14.5. The van der Waals surface area contributed by atoms with Crippen LogP contribution < -0.4 is 4.74 Å². The first-order valence-electron chi connectivity index (χ1n) is 9.23. The van der Waals surface area contributed by atoms with Gasteiger partial charge in [-0.05, 0) is 50.9 Å². The van der Waals surface area contributed by atoms with Crippen molar-refractivity contribution >= 4 is 10.9 Å². The van der Waals surface area contributed by atoms with E-state index in [1.54, 1.807) is 0 Å². The van der Waals surface area contributed by atoms with Gasteiger partial charge in [0.15, 0.2) is 0 Å². The normalized spacial score (nSPS) is 28.4. The Bertz CT molecular complexity index is 876. The minimum atomic E-state index is 0.272. The largest absolute Gasteiger partial charge is 0.472 e. The molecular formula is C21H23N3O. The van der Waals surface area contributed by atoms with E-state index < -0.39 is 0 Å². The average Bonchev–Trinajstić information content (AvgIpc) is 3.10. The van der Waals surface area contributed by atoms with Gasteiger partial charge in [0.25, 0.3) is 0 Å². The Balaban J connectivity index is 1.39. The van der Waals surface area contributed by atoms with Crippen molar-refractivity contribution in [1.82, 2.24) is 14.9 Å². The van der Waals surface area contributed by atoms with Crippen LogP contribution in [-0.2, 0) is 0 Å². The van der Waals surface area contributed by atoms with Crippen molar-refractivity contribution in [1.29, 1.82) is 0 Å². The third kappa shape index (κ3) is 2.52. The van der Waals surface area contributed by atoms with Crippen molar-refractivity contribution in [3.8, 4) is 17.0 Å². The molecule has 2 bridgehead atoms. The van der Waals surface area contributed by atoms with Crippen molar-refractivity contribution in [2.75, 3.05) is 13.1 Å².